The summed E-state index contributed by atoms with van der Waals surface area (Å²) in [6, 6.07) is 8.26. The van der Waals surface area contributed by atoms with Gasteiger partial charge in [0.05, 0.1) is 5.69 Å². The molecule has 0 fully saturated rings. The minimum absolute atomic E-state index is 0.222. The third kappa shape index (κ3) is 3.32. The molecule has 0 amide bonds. The number of benzene rings is 1. The molecule has 0 aliphatic rings. The Morgan fingerprint density at radius 1 is 1.15 bits per heavy atom. The van der Waals surface area contributed by atoms with E-state index in [4.69, 9.17) is 5.11 Å². The standard InChI is InChI=1S/C14H10FN3O2/c15-11-1-3-12(4-2-11)17-18-13(9-19)14(20)10-5-7-16-8-6-10/h1-9,19H. The number of hydrogen-bond acceptors (Lipinski definition) is 5. The van der Waals surface area contributed by atoms with Crippen LogP contribution in [0.3, 0.4) is 0 Å². The van der Waals surface area contributed by atoms with Crippen molar-refractivity contribution in [2.24, 2.45) is 10.2 Å². The topological polar surface area (TPSA) is 74.9 Å². The molecule has 1 aromatic carbocycles. The molecule has 0 aliphatic heterocycles. The Morgan fingerprint density at radius 2 is 1.80 bits per heavy atom. The first-order chi connectivity index (χ1) is 9.70. The molecule has 100 valence electrons. The van der Waals surface area contributed by atoms with Gasteiger partial charge in [-0.1, -0.05) is 0 Å². The lowest BCUT2D eigenvalue weighted by atomic mass is 10.1. The Kier molecular flexibility index (Phi) is 4.28. The smallest absolute Gasteiger partial charge is 0.216 e. The fourth-order valence-corrected chi connectivity index (χ4v) is 1.40. The summed E-state index contributed by atoms with van der Waals surface area (Å²) in [4.78, 5) is 15.8. The summed E-state index contributed by atoms with van der Waals surface area (Å²) in [5.74, 6) is -0.879. The van der Waals surface area contributed by atoms with Gasteiger partial charge in [0, 0.05) is 18.0 Å². The van der Waals surface area contributed by atoms with Crippen LogP contribution in [0.1, 0.15) is 10.4 Å². The predicted molar refractivity (Wildman–Crippen MR) is 70.2 cm³/mol. The minimum atomic E-state index is -0.485. The number of aliphatic hydroxyl groups excluding tert-OH is 1. The maximum atomic E-state index is 12.7. The van der Waals surface area contributed by atoms with E-state index < -0.39 is 11.6 Å². The summed E-state index contributed by atoms with van der Waals surface area (Å²) in [5, 5.41) is 16.5. The summed E-state index contributed by atoms with van der Waals surface area (Å²) in [6.07, 6.45) is 3.49. The number of hydrogen-bond donors (Lipinski definition) is 1. The van der Waals surface area contributed by atoms with E-state index in [0.29, 0.717) is 17.5 Å². The third-order valence-corrected chi connectivity index (χ3v) is 2.40. The Labute approximate surface area is 114 Å². The average Bonchev–Trinajstić information content (AvgIpc) is 2.50. The SMILES string of the molecule is O=C(C(=CO)N=Nc1ccc(F)cc1)c1ccncc1. The molecule has 0 radical (unpaired) electrons. The van der Waals surface area contributed by atoms with Gasteiger partial charge < -0.3 is 5.11 Å². The van der Waals surface area contributed by atoms with Gasteiger partial charge in [-0.25, -0.2) is 4.39 Å². The molecule has 2 aromatic rings. The molecule has 1 aromatic heterocycles. The van der Waals surface area contributed by atoms with Crippen LogP contribution in [0.15, 0.2) is 71.0 Å². The zero-order valence-electron chi connectivity index (χ0n) is 10.3. The molecular formula is C14H10FN3O2. The van der Waals surface area contributed by atoms with Crippen LogP contribution in [0.5, 0.6) is 0 Å². The van der Waals surface area contributed by atoms with Crippen LogP contribution in [0.4, 0.5) is 10.1 Å². The quantitative estimate of drug-likeness (QED) is 0.399. The fourth-order valence-electron chi connectivity index (χ4n) is 1.40. The molecule has 5 nitrogen and oxygen atoms in total. The first-order valence-corrected chi connectivity index (χ1v) is 5.67. The number of ketones is 1. The second kappa shape index (κ2) is 6.33. The van der Waals surface area contributed by atoms with E-state index in [9.17, 15) is 9.18 Å². The van der Waals surface area contributed by atoms with Crippen LogP contribution in [0, 0.1) is 5.82 Å². The van der Waals surface area contributed by atoms with Gasteiger partial charge in [-0.15, -0.1) is 5.11 Å². The van der Waals surface area contributed by atoms with Gasteiger partial charge in [-0.2, -0.15) is 5.11 Å². The summed E-state index contributed by atoms with van der Waals surface area (Å²) >= 11 is 0. The first-order valence-electron chi connectivity index (χ1n) is 5.67. The van der Waals surface area contributed by atoms with Crippen LogP contribution < -0.4 is 0 Å². The molecule has 0 atom stereocenters. The highest BCUT2D eigenvalue weighted by molar-refractivity contribution is 6.08. The molecule has 1 N–H and O–H groups in total. The van der Waals surface area contributed by atoms with Crippen molar-refractivity contribution in [3.05, 3.63) is 72.1 Å². The Morgan fingerprint density at radius 3 is 2.40 bits per heavy atom. The van der Waals surface area contributed by atoms with Gasteiger partial charge in [-0.3, -0.25) is 9.78 Å². The number of Topliss-reactive ketones (excluding diaryl/α,β-unsaturated/α-hetero) is 1. The zero-order valence-corrected chi connectivity index (χ0v) is 10.3. The lowest BCUT2D eigenvalue weighted by Crippen LogP contribution is -2.01. The minimum Gasteiger partial charge on any atom is -0.513 e. The van der Waals surface area contributed by atoms with Gasteiger partial charge in [0.1, 0.15) is 12.1 Å². The number of allylic oxidation sites excluding steroid dienone is 1. The number of nitrogens with zero attached hydrogens (tertiary/aromatic N) is 3. The highest BCUT2D eigenvalue weighted by Gasteiger charge is 2.11. The van der Waals surface area contributed by atoms with E-state index in [0.717, 1.165) is 0 Å². The number of azo groups is 1. The Bertz CT molecular complexity index is 652. The van der Waals surface area contributed by atoms with Gasteiger partial charge >= 0.3 is 0 Å². The zero-order chi connectivity index (χ0) is 14.4. The highest BCUT2D eigenvalue weighted by atomic mass is 19.1. The van der Waals surface area contributed by atoms with Crippen LogP contribution in [0.2, 0.25) is 0 Å². The van der Waals surface area contributed by atoms with Crippen molar-refractivity contribution in [3.8, 4) is 0 Å². The molecule has 0 spiro atoms. The van der Waals surface area contributed by atoms with Crippen molar-refractivity contribution in [1.82, 2.24) is 4.98 Å². The Balaban J connectivity index is 2.18. The monoisotopic (exact) mass is 271 g/mol. The summed E-state index contributed by atoms with van der Waals surface area (Å²) in [7, 11) is 0. The molecule has 20 heavy (non-hydrogen) atoms. The number of halogens is 1. The van der Waals surface area contributed by atoms with Crippen molar-refractivity contribution in [2.75, 3.05) is 0 Å². The molecule has 0 bridgehead atoms. The average molecular weight is 271 g/mol. The number of pyridine rings is 1. The maximum Gasteiger partial charge on any atom is 0.216 e. The normalized spacial score (nSPS) is 11.8. The first kappa shape index (κ1) is 13.5. The van der Waals surface area contributed by atoms with Crippen molar-refractivity contribution in [2.45, 2.75) is 0 Å². The van der Waals surface area contributed by atoms with E-state index in [1.54, 1.807) is 0 Å². The van der Waals surface area contributed by atoms with E-state index in [-0.39, 0.29) is 5.70 Å². The molecule has 0 aliphatic carbocycles. The van der Waals surface area contributed by atoms with Crippen molar-refractivity contribution < 1.29 is 14.3 Å². The van der Waals surface area contributed by atoms with Crippen molar-refractivity contribution >= 4 is 11.5 Å². The molecule has 2 rings (SSSR count). The van der Waals surface area contributed by atoms with E-state index in [1.807, 2.05) is 0 Å². The second-order valence-electron chi connectivity index (χ2n) is 3.76. The third-order valence-electron chi connectivity index (χ3n) is 2.40. The highest BCUT2D eigenvalue weighted by Crippen LogP contribution is 2.16. The number of aromatic nitrogens is 1. The van der Waals surface area contributed by atoms with E-state index >= 15 is 0 Å². The van der Waals surface area contributed by atoms with Crippen molar-refractivity contribution in [3.63, 3.8) is 0 Å². The molecular weight excluding hydrogens is 261 g/mol. The fraction of sp³-hybridized carbons (Fsp3) is 0. The number of aliphatic hydroxyl groups is 1. The molecule has 1 heterocycles. The summed E-state index contributed by atoms with van der Waals surface area (Å²) in [5.41, 5.74) is 0.479. The molecule has 6 heteroatoms. The van der Waals surface area contributed by atoms with E-state index in [1.165, 1.54) is 48.8 Å². The van der Waals surface area contributed by atoms with Crippen LogP contribution in [-0.2, 0) is 0 Å². The van der Waals surface area contributed by atoms with Crippen molar-refractivity contribution in [1.29, 1.82) is 0 Å². The molecule has 0 saturated heterocycles. The largest absolute Gasteiger partial charge is 0.513 e. The lowest BCUT2D eigenvalue weighted by molar-refractivity contribution is 0.102. The van der Waals surface area contributed by atoms with Crippen LogP contribution in [0.25, 0.3) is 0 Å². The number of carbonyl (C=O) groups is 1. The predicted octanol–water partition coefficient (Wildman–Crippen LogP) is 3.59. The lowest BCUT2D eigenvalue weighted by Gasteiger charge is -1.98. The number of rotatable bonds is 4. The summed E-state index contributed by atoms with van der Waals surface area (Å²) in [6.45, 7) is 0. The summed E-state index contributed by atoms with van der Waals surface area (Å²) < 4.78 is 12.7. The van der Waals surface area contributed by atoms with Gasteiger partial charge in [0.15, 0.2) is 5.70 Å². The Hall–Kier alpha value is -2.89. The molecule has 0 unspecified atom stereocenters. The number of carbonyl (C=O) groups excluding carboxylic acids is 1. The van der Waals surface area contributed by atoms with Gasteiger partial charge in [0.25, 0.3) is 0 Å². The van der Waals surface area contributed by atoms with Crippen LogP contribution in [-0.4, -0.2) is 15.9 Å². The molecule has 0 saturated carbocycles. The van der Waals surface area contributed by atoms with E-state index in [2.05, 4.69) is 15.2 Å². The second-order valence-corrected chi connectivity index (χ2v) is 3.76. The van der Waals surface area contributed by atoms with Crippen LogP contribution >= 0.6 is 0 Å². The van der Waals surface area contributed by atoms with Gasteiger partial charge in [0.2, 0.25) is 5.78 Å². The maximum absolute atomic E-state index is 12.7. The van der Waals surface area contributed by atoms with Gasteiger partial charge in [-0.05, 0) is 36.4 Å².